The van der Waals surface area contributed by atoms with E-state index in [0.29, 0.717) is 26.1 Å². The average Bonchev–Trinajstić information content (AvgIpc) is 2.90. The number of carbonyl (C=O) groups is 1. The van der Waals surface area contributed by atoms with E-state index in [1.54, 1.807) is 18.7 Å². The second kappa shape index (κ2) is 14.3. The molecular weight excluding hydrogens is 492 g/mol. The molecule has 0 fully saturated rings. The van der Waals surface area contributed by atoms with Crippen LogP contribution in [-0.4, -0.2) is 24.3 Å². The van der Waals surface area contributed by atoms with Crippen LogP contribution in [0.15, 0.2) is 82.6 Å². The van der Waals surface area contributed by atoms with Crippen molar-refractivity contribution in [1.29, 1.82) is 0 Å². The summed E-state index contributed by atoms with van der Waals surface area (Å²) in [6.07, 6.45) is 3.44. The Labute approximate surface area is 224 Å². The van der Waals surface area contributed by atoms with Gasteiger partial charge in [0.1, 0.15) is 12.4 Å². The zero-order valence-corrected chi connectivity index (χ0v) is 22.6. The molecule has 1 unspecified atom stereocenters. The van der Waals surface area contributed by atoms with Gasteiger partial charge in [-0.15, -0.1) is 0 Å². The van der Waals surface area contributed by atoms with Crippen LogP contribution in [-0.2, 0) is 22.6 Å². The molecule has 0 aromatic heterocycles. The van der Waals surface area contributed by atoms with E-state index in [4.69, 9.17) is 21.1 Å². The van der Waals surface area contributed by atoms with E-state index < -0.39 is 5.41 Å². The summed E-state index contributed by atoms with van der Waals surface area (Å²) in [6, 6.07) is 24.2. The first-order valence-electron chi connectivity index (χ1n) is 12.5. The molecule has 0 amide bonds. The van der Waals surface area contributed by atoms with Gasteiger partial charge < -0.3 is 14.6 Å². The zero-order valence-electron chi connectivity index (χ0n) is 21.0. The maximum Gasteiger partial charge on any atom is 0.314 e. The summed E-state index contributed by atoms with van der Waals surface area (Å²) >= 11 is 8.39. The number of aryl methyl sites for hydroxylation is 1. The van der Waals surface area contributed by atoms with Crippen LogP contribution in [0.25, 0.3) is 0 Å². The first-order chi connectivity index (χ1) is 17.5. The second-order valence-corrected chi connectivity index (χ2v) is 10.3. The maximum absolute atomic E-state index is 12.6. The van der Waals surface area contributed by atoms with Gasteiger partial charge in [0.25, 0.3) is 0 Å². The van der Waals surface area contributed by atoms with Crippen molar-refractivity contribution in [2.75, 3.05) is 13.2 Å². The number of benzene rings is 3. The molecule has 0 spiro atoms. The summed E-state index contributed by atoms with van der Waals surface area (Å²) in [4.78, 5) is 14.6. The molecule has 3 rings (SSSR count). The molecule has 192 valence electrons. The average molecular weight is 527 g/mol. The predicted molar refractivity (Wildman–Crippen MR) is 147 cm³/mol. The summed E-state index contributed by atoms with van der Waals surface area (Å²) in [5.74, 6) is 0.519. The first-order valence-corrected chi connectivity index (χ1v) is 13.7. The van der Waals surface area contributed by atoms with Crippen LogP contribution in [0.5, 0.6) is 5.75 Å². The van der Waals surface area contributed by atoms with Crippen molar-refractivity contribution < 1.29 is 19.4 Å². The normalized spacial score (nSPS) is 12.7. The number of carbonyl (C=O) groups excluding carboxylic acids is 1. The fourth-order valence-corrected chi connectivity index (χ4v) is 5.46. The molecule has 0 saturated carbocycles. The minimum atomic E-state index is -0.839. The Bertz CT molecular complexity index is 1090. The first kappa shape index (κ1) is 28.1. The molecule has 0 aliphatic rings. The summed E-state index contributed by atoms with van der Waals surface area (Å²) in [5.41, 5.74) is 1.33. The van der Waals surface area contributed by atoms with Gasteiger partial charge in [-0.3, -0.25) is 4.79 Å². The lowest BCUT2D eigenvalue weighted by Crippen LogP contribution is -2.36. The molecule has 3 aromatic carbocycles. The molecule has 0 heterocycles. The number of halogens is 1. The Morgan fingerprint density at radius 2 is 1.72 bits per heavy atom. The van der Waals surface area contributed by atoms with Gasteiger partial charge in [0.2, 0.25) is 0 Å². The van der Waals surface area contributed by atoms with E-state index in [1.165, 1.54) is 0 Å². The van der Waals surface area contributed by atoms with Gasteiger partial charge in [-0.2, -0.15) is 0 Å². The smallest absolute Gasteiger partial charge is 0.314 e. The Hall–Kier alpha value is -2.47. The van der Waals surface area contributed by atoms with Crippen LogP contribution in [0.4, 0.5) is 0 Å². The highest BCUT2D eigenvalue weighted by atomic mass is 35.5. The third kappa shape index (κ3) is 7.76. The van der Waals surface area contributed by atoms with Crippen molar-refractivity contribution in [3.8, 4) is 5.75 Å². The van der Waals surface area contributed by atoms with Crippen molar-refractivity contribution in [3.63, 3.8) is 0 Å². The number of hydrogen-bond acceptors (Lipinski definition) is 5. The van der Waals surface area contributed by atoms with Crippen molar-refractivity contribution in [2.24, 2.45) is 5.41 Å². The quantitative estimate of drug-likeness (QED) is 0.218. The number of hydrogen-bond donors (Lipinski definition) is 1. The van der Waals surface area contributed by atoms with Crippen LogP contribution >= 0.6 is 23.4 Å². The highest BCUT2D eigenvalue weighted by Gasteiger charge is 2.38. The van der Waals surface area contributed by atoms with Gasteiger partial charge in [-0.1, -0.05) is 79.2 Å². The van der Waals surface area contributed by atoms with E-state index in [9.17, 15) is 9.90 Å². The number of aliphatic hydroxyl groups is 1. The Morgan fingerprint density at radius 1 is 0.972 bits per heavy atom. The van der Waals surface area contributed by atoms with Crippen molar-refractivity contribution in [2.45, 2.75) is 62.3 Å². The predicted octanol–water partition coefficient (Wildman–Crippen LogP) is 7.73. The molecule has 6 heteroatoms. The number of rotatable bonds is 14. The van der Waals surface area contributed by atoms with E-state index in [2.05, 4.69) is 0 Å². The molecule has 1 N–H and O–H groups in total. The molecule has 0 saturated heterocycles. The van der Waals surface area contributed by atoms with Gasteiger partial charge >= 0.3 is 5.97 Å². The molecule has 0 aliphatic heterocycles. The molecule has 0 aliphatic carbocycles. The minimum Gasteiger partial charge on any atom is -0.489 e. The van der Waals surface area contributed by atoms with Gasteiger partial charge in [0.05, 0.1) is 23.7 Å². The third-order valence-electron chi connectivity index (χ3n) is 6.18. The summed E-state index contributed by atoms with van der Waals surface area (Å²) in [7, 11) is 0. The molecule has 36 heavy (non-hydrogen) atoms. The lowest BCUT2D eigenvalue weighted by atomic mass is 9.79. The maximum atomic E-state index is 12.6. The lowest BCUT2D eigenvalue weighted by Gasteiger charge is -2.29. The van der Waals surface area contributed by atoms with E-state index >= 15 is 0 Å². The highest BCUT2D eigenvalue weighted by molar-refractivity contribution is 7.99. The van der Waals surface area contributed by atoms with Crippen LogP contribution in [0, 0.1) is 5.41 Å². The molecule has 0 radical (unpaired) electrons. The summed E-state index contributed by atoms with van der Waals surface area (Å²) in [5, 5.41) is 10.8. The monoisotopic (exact) mass is 526 g/mol. The molecule has 4 nitrogen and oxygen atoms in total. The highest BCUT2D eigenvalue weighted by Crippen LogP contribution is 2.37. The van der Waals surface area contributed by atoms with Crippen molar-refractivity contribution in [1.82, 2.24) is 0 Å². The van der Waals surface area contributed by atoms with Gasteiger partial charge in [0.15, 0.2) is 0 Å². The fourth-order valence-electron chi connectivity index (χ4n) is 4.23. The second-order valence-electron chi connectivity index (χ2n) is 8.84. The van der Waals surface area contributed by atoms with Crippen LogP contribution in [0.1, 0.15) is 50.7 Å². The van der Waals surface area contributed by atoms with E-state index in [-0.39, 0.29) is 12.6 Å². The van der Waals surface area contributed by atoms with Crippen molar-refractivity contribution >= 4 is 29.3 Å². The molecule has 0 bridgehead atoms. The molecular formula is C30H35ClO4S. The summed E-state index contributed by atoms with van der Waals surface area (Å²) in [6.45, 7) is 4.46. The summed E-state index contributed by atoms with van der Waals surface area (Å²) < 4.78 is 11.2. The number of aliphatic hydroxyl groups excluding tert-OH is 1. The standard InChI is InChI=1S/C30H35ClO4S/c1-3-19-30(22-32,29(33)34-4-2)20-9-13-24-12-8-14-27(28(24)31)36-26-17-15-25(16-18-26)35-21-23-10-6-5-7-11-23/h5-8,10-12,14-18,32H,3-4,9,13,19-22H2,1-2H3. The van der Waals surface area contributed by atoms with Gasteiger partial charge in [-0.25, -0.2) is 0 Å². The largest absolute Gasteiger partial charge is 0.489 e. The van der Waals surface area contributed by atoms with Crippen LogP contribution in [0.3, 0.4) is 0 Å². The third-order valence-corrected chi connectivity index (χ3v) is 7.81. The Morgan fingerprint density at radius 3 is 2.39 bits per heavy atom. The number of ether oxygens (including phenoxy) is 2. The molecule has 1 atom stereocenters. The Balaban J connectivity index is 1.60. The lowest BCUT2D eigenvalue weighted by molar-refractivity contribution is -0.159. The molecule has 3 aromatic rings. The zero-order chi connectivity index (χ0) is 25.8. The Kier molecular flexibility index (Phi) is 11.2. The minimum absolute atomic E-state index is 0.200. The van der Waals surface area contributed by atoms with Crippen molar-refractivity contribution in [3.05, 3.63) is 88.9 Å². The number of esters is 1. The van der Waals surface area contributed by atoms with Gasteiger partial charge in [-0.05, 0) is 74.1 Å². The van der Waals surface area contributed by atoms with E-state index in [1.807, 2.05) is 79.7 Å². The SMILES string of the molecule is CCCC(CO)(CCCc1cccc(Sc2ccc(OCc3ccccc3)cc2)c1Cl)C(=O)OCC. The van der Waals surface area contributed by atoms with Crippen LogP contribution in [0.2, 0.25) is 5.02 Å². The van der Waals surface area contributed by atoms with Crippen LogP contribution < -0.4 is 4.74 Å². The topological polar surface area (TPSA) is 55.8 Å². The van der Waals surface area contributed by atoms with E-state index in [0.717, 1.165) is 51.0 Å². The fraction of sp³-hybridized carbons (Fsp3) is 0.367. The van der Waals surface area contributed by atoms with Gasteiger partial charge in [0, 0.05) is 9.79 Å².